The van der Waals surface area contributed by atoms with Gasteiger partial charge >= 0.3 is 5.69 Å². The van der Waals surface area contributed by atoms with E-state index in [0.29, 0.717) is 0 Å². The summed E-state index contributed by atoms with van der Waals surface area (Å²) in [5.41, 5.74) is -1.19. The first-order valence-electron chi connectivity index (χ1n) is 7.13. The molecule has 0 unspecified atom stereocenters. The van der Waals surface area contributed by atoms with Gasteiger partial charge in [-0.3, -0.25) is 18.7 Å². The Kier molecular flexibility index (Phi) is 4.13. The third kappa shape index (κ3) is 2.80. The Morgan fingerprint density at radius 2 is 1.88 bits per heavy atom. The molecule has 0 atom stereocenters. The molecule has 1 N–H and O–H groups in total. The van der Waals surface area contributed by atoms with Crippen molar-refractivity contribution < 1.29 is 9.18 Å². The molecule has 1 amide bonds. The summed E-state index contributed by atoms with van der Waals surface area (Å²) in [6.07, 6.45) is 0. The van der Waals surface area contributed by atoms with E-state index in [2.05, 4.69) is 10.3 Å². The van der Waals surface area contributed by atoms with E-state index in [-0.39, 0.29) is 27.4 Å². The fraction of sp³-hybridized carbons (Fsp3) is 0.125. The summed E-state index contributed by atoms with van der Waals surface area (Å²) in [5, 5.41) is 2.42. The van der Waals surface area contributed by atoms with Crippen LogP contribution in [0.15, 0.2) is 39.9 Å². The van der Waals surface area contributed by atoms with Crippen molar-refractivity contribution >= 4 is 34.2 Å². The van der Waals surface area contributed by atoms with Crippen molar-refractivity contribution in [3.63, 3.8) is 0 Å². The van der Waals surface area contributed by atoms with Crippen LogP contribution in [0.1, 0.15) is 10.5 Å². The average molecular weight is 363 g/mol. The van der Waals surface area contributed by atoms with Gasteiger partial charge in [-0.2, -0.15) is 0 Å². The van der Waals surface area contributed by atoms with Crippen LogP contribution in [0, 0.1) is 5.82 Å². The van der Waals surface area contributed by atoms with E-state index in [1.807, 2.05) is 0 Å². The van der Waals surface area contributed by atoms with Gasteiger partial charge < -0.3 is 5.32 Å². The van der Waals surface area contributed by atoms with Crippen LogP contribution in [0.2, 0.25) is 5.02 Å². The maximum Gasteiger partial charge on any atom is 0.332 e. The summed E-state index contributed by atoms with van der Waals surface area (Å²) in [6.45, 7) is 0. The molecule has 25 heavy (non-hydrogen) atoms. The van der Waals surface area contributed by atoms with Gasteiger partial charge in [-0.25, -0.2) is 14.2 Å². The van der Waals surface area contributed by atoms with E-state index < -0.39 is 23.0 Å². The molecule has 0 spiro atoms. The van der Waals surface area contributed by atoms with Gasteiger partial charge in [-0.15, -0.1) is 0 Å². The number of nitrogens with one attached hydrogen (secondary N) is 1. The van der Waals surface area contributed by atoms with Gasteiger partial charge in [-0.05, 0) is 24.3 Å². The topological polar surface area (TPSA) is 86.0 Å². The second-order valence-corrected chi connectivity index (χ2v) is 5.74. The van der Waals surface area contributed by atoms with Gasteiger partial charge in [0.05, 0.1) is 16.1 Å². The fourth-order valence-electron chi connectivity index (χ4n) is 2.37. The van der Waals surface area contributed by atoms with Gasteiger partial charge in [0.2, 0.25) is 0 Å². The molecule has 9 heteroatoms. The van der Waals surface area contributed by atoms with Crippen LogP contribution >= 0.6 is 11.6 Å². The number of aryl methyl sites for hydroxylation is 1. The smallest absolute Gasteiger partial charge is 0.318 e. The molecule has 2 aromatic heterocycles. The standard InChI is InChI=1S/C16H12ClFN4O3/c1-21-13-8(15(24)22(2)16(21)25)6-7-11(19-13)14(23)20-10-5-3-4-9(17)12(10)18/h3-7H,1-2H3,(H,20,23). The molecule has 7 nitrogen and oxygen atoms in total. The zero-order valence-electron chi connectivity index (χ0n) is 13.2. The zero-order chi connectivity index (χ0) is 18.3. The minimum absolute atomic E-state index is 0.0623. The first-order valence-corrected chi connectivity index (χ1v) is 7.51. The number of hydrogen-bond acceptors (Lipinski definition) is 4. The largest absolute Gasteiger partial charge is 0.332 e. The first-order chi connectivity index (χ1) is 11.8. The molecule has 3 aromatic rings. The second-order valence-electron chi connectivity index (χ2n) is 5.33. The molecule has 1 aromatic carbocycles. The molecule has 128 valence electrons. The van der Waals surface area contributed by atoms with Crippen molar-refractivity contribution in [1.82, 2.24) is 14.1 Å². The van der Waals surface area contributed by atoms with Crippen molar-refractivity contribution in [2.45, 2.75) is 0 Å². The number of benzene rings is 1. The number of fused-ring (bicyclic) bond motifs is 1. The fourth-order valence-corrected chi connectivity index (χ4v) is 2.54. The molecule has 0 fully saturated rings. The molecule has 0 aliphatic carbocycles. The summed E-state index contributed by atoms with van der Waals surface area (Å²) >= 11 is 5.67. The zero-order valence-corrected chi connectivity index (χ0v) is 14.0. The molecule has 0 bridgehead atoms. The SMILES string of the molecule is Cn1c(=O)c2ccc(C(=O)Nc3cccc(Cl)c3F)nc2n(C)c1=O. The van der Waals surface area contributed by atoms with Gasteiger partial charge in [0.1, 0.15) is 11.3 Å². The third-order valence-corrected chi connectivity index (χ3v) is 4.03. The van der Waals surface area contributed by atoms with Crippen LogP contribution in [-0.4, -0.2) is 20.0 Å². The highest BCUT2D eigenvalue weighted by molar-refractivity contribution is 6.31. The average Bonchev–Trinajstić information content (AvgIpc) is 2.61. The molecule has 0 saturated heterocycles. The van der Waals surface area contributed by atoms with Gasteiger partial charge in [-0.1, -0.05) is 17.7 Å². The van der Waals surface area contributed by atoms with Crippen molar-refractivity contribution in [2.75, 3.05) is 5.32 Å². The number of carbonyl (C=O) groups excluding carboxylic acids is 1. The Labute approximate surface area is 145 Å². The minimum atomic E-state index is -0.764. The molecular formula is C16H12ClFN4O3. The van der Waals surface area contributed by atoms with Crippen LogP contribution in [0.3, 0.4) is 0 Å². The van der Waals surface area contributed by atoms with E-state index >= 15 is 0 Å². The number of carbonyl (C=O) groups is 1. The molecule has 0 radical (unpaired) electrons. The summed E-state index contributed by atoms with van der Waals surface area (Å²) in [5.74, 6) is -1.46. The van der Waals surface area contributed by atoms with Crippen molar-refractivity contribution in [2.24, 2.45) is 14.1 Å². The lowest BCUT2D eigenvalue weighted by atomic mass is 10.2. The van der Waals surface area contributed by atoms with Crippen molar-refractivity contribution in [1.29, 1.82) is 0 Å². The highest BCUT2D eigenvalue weighted by atomic mass is 35.5. The summed E-state index contributed by atoms with van der Waals surface area (Å²) in [7, 11) is 2.79. The van der Waals surface area contributed by atoms with E-state index in [1.165, 1.54) is 44.4 Å². The van der Waals surface area contributed by atoms with Crippen LogP contribution in [0.5, 0.6) is 0 Å². The maximum absolute atomic E-state index is 13.9. The summed E-state index contributed by atoms with van der Waals surface area (Å²) in [4.78, 5) is 40.5. The predicted molar refractivity (Wildman–Crippen MR) is 91.6 cm³/mol. The number of halogens is 2. The molecular weight excluding hydrogens is 351 g/mol. The van der Waals surface area contributed by atoms with Crippen LogP contribution < -0.4 is 16.6 Å². The summed E-state index contributed by atoms with van der Waals surface area (Å²) < 4.78 is 16.0. The molecule has 0 aliphatic heterocycles. The Bertz CT molecular complexity index is 1140. The number of nitrogens with zero attached hydrogens (tertiary/aromatic N) is 3. The van der Waals surface area contributed by atoms with E-state index in [9.17, 15) is 18.8 Å². The Balaban J connectivity index is 2.08. The minimum Gasteiger partial charge on any atom is -0.318 e. The number of pyridine rings is 1. The van der Waals surface area contributed by atoms with Crippen LogP contribution in [0.4, 0.5) is 10.1 Å². The molecule has 0 saturated carbocycles. The quantitative estimate of drug-likeness (QED) is 0.751. The number of anilines is 1. The summed E-state index contributed by atoms with van der Waals surface area (Å²) in [6, 6.07) is 6.92. The van der Waals surface area contributed by atoms with E-state index in [0.717, 1.165) is 9.13 Å². The van der Waals surface area contributed by atoms with E-state index in [4.69, 9.17) is 11.6 Å². The molecule has 0 aliphatic rings. The van der Waals surface area contributed by atoms with Gasteiger partial charge in [0, 0.05) is 14.1 Å². The maximum atomic E-state index is 13.9. The highest BCUT2D eigenvalue weighted by Gasteiger charge is 2.15. The monoisotopic (exact) mass is 362 g/mol. The lowest BCUT2D eigenvalue weighted by Gasteiger charge is -2.09. The van der Waals surface area contributed by atoms with Gasteiger partial charge in [0.25, 0.3) is 11.5 Å². The van der Waals surface area contributed by atoms with Crippen LogP contribution in [-0.2, 0) is 14.1 Å². The van der Waals surface area contributed by atoms with Crippen LogP contribution in [0.25, 0.3) is 11.0 Å². The number of amides is 1. The molecule has 3 rings (SSSR count). The first kappa shape index (κ1) is 16.8. The highest BCUT2D eigenvalue weighted by Crippen LogP contribution is 2.22. The van der Waals surface area contributed by atoms with Gasteiger partial charge in [0.15, 0.2) is 5.82 Å². The predicted octanol–water partition coefficient (Wildman–Crippen LogP) is 1.68. The lowest BCUT2D eigenvalue weighted by Crippen LogP contribution is -2.37. The Morgan fingerprint density at radius 1 is 1.16 bits per heavy atom. The normalized spacial score (nSPS) is 10.9. The number of aromatic nitrogens is 3. The molecule has 2 heterocycles. The Morgan fingerprint density at radius 3 is 2.60 bits per heavy atom. The number of hydrogen-bond donors (Lipinski definition) is 1. The Hall–Kier alpha value is -3.00. The second kappa shape index (κ2) is 6.14. The van der Waals surface area contributed by atoms with E-state index in [1.54, 1.807) is 0 Å². The third-order valence-electron chi connectivity index (χ3n) is 3.73. The lowest BCUT2D eigenvalue weighted by molar-refractivity contribution is 0.102. The number of rotatable bonds is 2. The van der Waals surface area contributed by atoms with Crippen molar-refractivity contribution in [3.8, 4) is 0 Å². The van der Waals surface area contributed by atoms with Crippen molar-refractivity contribution in [3.05, 3.63) is 67.7 Å².